The van der Waals surface area contributed by atoms with E-state index in [1.807, 2.05) is 6.07 Å². The first-order valence-corrected chi connectivity index (χ1v) is 5.11. The van der Waals surface area contributed by atoms with Gasteiger partial charge in [-0.05, 0) is 12.1 Å². The van der Waals surface area contributed by atoms with E-state index in [1.165, 1.54) is 0 Å². The molecule has 0 fully saturated rings. The molecule has 3 aromatic heterocycles. The highest BCUT2D eigenvalue weighted by Crippen LogP contribution is 2.20. The summed E-state index contributed by atoms with van der Waals surface area (Å²) in [5.74, 6) is -0.460. The molecular weight excluding hydrogens is 235 g/mol. The lowest BCUT2D eigenvalue weighted by Gasteiger charge is -1.91. The zero-order valence-corrected chi connectivity index (χ0v) is 9.05. The molecule has 0 aliphatic carbocycles. The number of hydrogen-bond donors (Lipinski definition) is 2. The van der Waals surface area contributed by atoms with Crippen molar-refractivity contribution in [2.24, 2.45) is 0 Å². The maximum Gasteiger partial charge on any atom is 0.181 e. The number of aromatic amines is 1. The fourth-order valence-electron chi connectivity index (χ4n) is 1.56. The van der Waals surface area contributed by atoms with E-state index in [0.717, 1.165) is 17.8 Å². The Morgan fingerprint density at radius 1 is 1.17 bits per heavy atom. The molecule has 0 saturated carbocycles. The molecule has 0 aliphatic heterocycles. The Hall–Kier alpha value is -2.70. The van der Waals surface area contributed by atoms with Crippen molar-refractivity contribution in [2.75, 3.05) is 0 Å². The third kappa shape index (κ3) is 1.61. The van der Waals surface area contributed by atoms with Gasteiger partial charge in [0.2, 0.25) is 0 Å². The lowest BCUT2D eigenvalue weighted by atomic mass is 10.2. The maximum absolute atomic E-state index is 13.2. The molecule has 0 saturated heterocycles. The smallest absolute Gasteiger partial charge is 0.181 e. The molecule has 0 unspecified atom stereocenters. The van der Waals surface area contributed by atoms with Crippen LogP contribution >= 0.6 is 0 Å². The van der Waals surface area contributed by atoms with Crippen LogP contribution in [0.4, 0.5) is 4.39 Å². The minimum absolute atomic E-state index is 0.267. The summed E-state index contributed by atoms with van der Waals surface area (Å²) in [6.45, 7) is 0. The topological polar surface area (TPSA) is 91.2 Å². The maximum atomic E-state index is 13.2. The third-order valence-corrected chi connectivity index (χ3v) is 2.43. The van der Waals surface area contributed by atoms with Gasteiger partial charge in [0.25, 0.3) is 0 Å². The molecule has 6 nitrogen and oxygen atoms in total. The predicted octanol–water partition coefficient (Wildman–Crippen LogP) is 1.03. The fourth-order valence-corrected chi connectivity index (χ4v) is 1.56. The summed E-state index contributed by atoms with van der Waals surface area (Å²) in [5.41, 5.74) is 1.09. The molecule has 18 heavy (non-hydrogen) atoms. The summed E-state index contributed by atoms with van der Waals surface area (Å²) in [7, 11) is 0. The molecule has 0 bridgehead atoms. The Morgan fingerprint density at radius 3 is 2.89 bits per heavy atom. The number of aromatic nitrogens is 5. The summed E-state index contributed by atoms with van der Waals surface area (Å²) in [4.78, 5) is 11.9. The first-order chi connectivity index (χ1) is 8.75. The van der Waals surface area contributed by atoms with Gasteiger partial charge in [0.15, 0.2) is 17.3 Å². The predicted molar refractivity (Wildman–Crippen MR) is 60.7 cm³/mol. The minimum Gasteiger partial charge on any atom is -0.296 e. The van der Waals surface area contributed by atoms with Gasteiger partial charge in [0.1, 0.15) is 11.1 Å². The highest BCUT2D eigenvalue weighted by atomic mass is 19.1. The van der Waals surface area contributed by atoms with E-state index in [4.69, 9.17) is 5.41 Å². The summed E-state index contributed by atoms with van der Waals surface area (Å²) in [6.07, 6.45) is 3.70. The van der Waals surface area contributed by atoms with Gasteiger partial charge in [-0.25, -0.2) is 19.3 Å². The second kappa shape index (κ2) is 3.95. The lowest BCUT2D eigenvalue weighted by molar-refractivity contribution is 0.606. The van der Waals surface area contributed by atoms with Crippen LogP contribution in [0.2, 0.25) is 0 Å². The number of rotatable bonds is 1. The molecule has 0 aliphatic rings. The van der Waals surface area contributed by atoms with Gasteiger partial charge in [0, 0.05) is 11.6 Å². The Balaban J connectivity index is 2.27. The van der Waals surface area contributed by atoms with Gasteiger partial charge >= 0.3 is 0 Å². The van der Waals surface area contributed by atoms with Crippen molar-refractivity contribution in [3.05, 3.63) is 41.9 Å². The van der Waals surface area contributed by atoms with Crippen LogP contribution in [0, 0.1) is 11.2 Å². The van der Waals surface area contributed by atoms with Gasteiger partial charge in [-0.2, -0.15) is 5.10 Å². The molecule has 0 amide bonds. The van der Waals surface area contributed by atoms with E-state index in [2.05, 4.69) is 25.1 Å². The number of halogens is 1. The van der Waals surface area contributed by atoms with Crippen LogP contribution in [0.1, 0.15) is 0 Å². The van der Waals surface area contributed by atoms with Crippen LogP contribution in [0.15, 0.2) is 30.7 Å². The molecule has 0 aromatic carbocycles. The number of fused-ring (bicyclic) bond motifs is 1. The normalized spacial score (nSPS) is 10.7. The zero-order valence-electron chi connectivity index (χ0n) is 9.05. The SMILES string of the molecule is N=c1cnc(-c2[nH]nc3ncccc23)ncc1F. The van der Waals surface area contributed by atoms with Crippen LogP contribution in [0.3, 0.4) is 0 Å². The highest BCUT2D eigenvalue weighted by Gasteiger charge is 2.09. The summed E-state index contributed by atoms with van der Waals surface area (Å²) in [5, 5.41) is 14.5. The molecule has 7 heteroatoms. The van der Waals surface area contributed by atoms with Gasteiger partial charge in [0.05, 0.1) is 12.4 Å². The quantitative estimate of drug-likeness (QED) is 0.666. The number of pyridine rings is 1. The minimum atomic E-state index is -0.726. The Morgan fingerprint density at radius 2 is 2.00 bits per heavy atom. The van der Waals surface area contributed by atoms with E-state index < -0.39 is 5.82 Å². The van der Waals surface area contributed by atoms with Crippen molar-refractivity contribution in [3.63, 3.8) is 0 Å². The molecule has 3 aromatic rings. The summed E-state index contributed by atoms with van der Waals surface area (Å²) < 4.78 is 13.2. The average Bonchev–Trinajstić information content (AvgIpc) is 2.75. The molecule has 3 heterocycles. The van der Waals surface area contributed by atoms with Gasteiger partial charge in [-0.1, -0.05) is 0 Å². The van der Waals surface area contributed by atoms with Crippen molar-refractivity contribution in [2.45, 2.75) is 0 Å². The second-order valence-corrected chi connectivity index (χ2v) is 3.57. The van der Waals surface area contributed by atoms with Crippen molar-refractivity contribution in [1.82, 2.24) is 25.1 Å². The average molecular weight is 242 g/mol. The molecular formula is C11H7FN6. The van der Waals surface area contributed by atoms with E-state index in [1.54, 1.807) is 12.3 Å². The standard InChI is InChI=1S/C11H7FN6/c12-7-4-15-11(16-5-8(7)13)9-6-2-1-3-14-10(6)18-17-9/h1-5,13H,(H,14,17,18). The molecule has 3 rings (SSSR count). The van der Waals surface area contributed by atoms with Crippen LogP contribution in [0.25, 0.3) is 22.6 Å². The first-order valence-electron chi connectivity index (χ1n) is 5.11. The van der Waals surface area contributed by atoms with Crippen LogP contribution in [-0.2, 0) is 0 Å². The van der Waals surface area contributed by atoms with Crippen molar-refractivity contribution < 1.29 is 4.39 Å². The highest BCUT2D eigenvalue weighted by molar-refractivity contribution is 5.88. The summed E-state index contributed by atoms with van der Waals surface area (Å²) >= 11 is 0. The third-order valence-electron chi connectivity index (χ3n) is 2.43. The number of hydrogen-bond acceptors (Lipinski definition) is 5. The van der Waals surface area contributed by atoms with Crippen molar-refractivity contribution in [1.29, 1.82) is 5.41 Å². The molecule has 0 radical (unpaired) electrons. The van der Waals surface area contributed by atoms with E-state index in [0.29, 0.717) is 11.3 Å². The zero-order chi connectivity index (χ0) is 12.5. The monoisotopic (exact) mass is 242 g/mol. The summed E-state index contributed by atoms with van der Waals surface area (Å²) in [6, 6.07) is 3.58. The van der Waals surface area contributed by atoms with Gasteiger partial charge < -0.3 is 0 Å². The van der Waals surface area contributed by atoms with Crippen LogP contribution < -0.4 is 5.36 Å². The van der Waals surface area contributed by atoms with E-state index in [-0.39, 0.29) is 11.2 Å². The van der Waals surface area contributed by atoms with Gasteiger partial charge in [-0.15, -0.1) is 0 Å². The molecule has 88 valence electrons. The lowest BCUT2D eigenvalue weighted by Crippen LogP contribution is -2.00. The largest absolute Gasteiger partial charge is 0.296 e. The van der Waals surface area contributed by atoms with E-state index >= 15 is 0 Å². The van der Waals surface area contributed by atoms with Crippen molar-refractivity contribution in [3.8, 4) is 11.5 Å². The molecule has 0 atom stereocenters. The Kier molecular flexibility index (Phi) is 2.30. The first kappa shape index (κ1) is 10.5. The fraction of sp³-hybridized carbons (Fsp3) is 0. The number of nitrogens with zero attached hydrogens (tertiary/aromatic N) is 4. The van der Waals surface area contributed by atoms with Crippen LogP contribution in [-0.4, -0.2) is 25.1 Å². The van der Waals surface area contributed by atoms with Gasteiger partial charge in [-0.3, -0.25) is 10.5 Å². The van der Waals surface area contributed by atoms with Crippen molar-refractivity contribution >= 4 is 11.0 Å². The number of nitrogens with one attached hydrogen (secondary N) is 2. The van der Waals surface area contributed by atoms with E-state index in [9.17, 15) is 4.39 Å². The number of H-pyrrole nitrogens is 1. The molecule has 2 N–H and O–H groups in total. The Bertz CT molecular complexity index is 782. The molecule has 0 spiro atoms. The van der Waals surface area contributed by atoms with Crippen LogP contribution in [0.5, 0.6) is 0 Å². The second-order valence-electron chi connectivity index (χ2n) is 3.57. The Labute approximate surface area is 100 Å².